The topological polar surface area (TPSA) is 78.5 Å². The molecule has 2 rings (SSSR count). The van der Waals surface area contributed by atoms with E-state index in [0.717, 1.165) is 37.9 Å². The maximum atomic E-state index is 12.5. The lowest BCUT2D eigenvalue weighted by Crippen LogP contribution is -2.32. The van der Waals surface area contributed by atoms with E-state index < -0.39 is 10.0 Å². The Morgan fingerprint density at radius 2 is 1.73 bits per heavy atom. The predicted molar refractivity (Wildman–Crippen MR) is 106 cm³/mol. The lowest BCUT2D eigenvalue weighted by atomic mass is 10.1. The van der Waals surface area contributed by atoms with Crippen LogP contribution in [0.3, 0.4) is 0 Å². The normalized spacial score (nSPS) is 14.8. The first kappa shape index (κ1) is 22.9. The van der Waals surface area contributed by atoms with Crippen molar-refractivity contribution in [3.05, 3.63) is 29.8 Å². The van der Waals surface area contributed by atoms with Crippen molar-refractivity contribution in [1.82, 2.24) is 14.9 Å². The van der Waals surface area contributed by atoms with Crippen LogP contribution in [0.2, 0.25) is 0 Å². The van der Waals surface area contributed by atoms with Gasteiger partial charge in [-0.25, -0.2) is 8.42 Å². The van der Waals surface area contributed by atoms with Crippen LogP contribution in [0.1, 0.15) is 38.2 Å². The summed E-state index contributed by atoms with van der Waals surface area (Å²) >= 11 is 0. The second-order valence-electron chi connectivity index (χ2n) is 6.36. The fourth-order valence-electron chi connectivity index (χ4n) is 2.84. The molecule has 1 heterocycles. The average Bonchev–Trinajstić information content (AvgIpc) is 3.16. The predicted octanol–water partition coefficient (Wildman–Crippen LogP) is 1.94. The number of nitrogens with zero attached hydrogens (tertiary/aromatic N) is 1. The molecule has 26 heavy (non-hydrogen) atoms. The van der Waals surface area contributed by atoms with Crippen LogP contribution in [0.5, 0.6) is 0 Å². The Labute approximate surface area is 163 Å². The van der Waals surface area contributed by atoms with Crippen LogP contribution in [0.25, 0.3) is 0 Å². The number of nitrogens with one attached hydrogen (secondary N) is 2. The molecular formula is C18H30ClN3O3S. The van der Waals surface area contributed by atoms with E-state index >= 15 is 0 Å². The highest BCUT2D eigenvalue weighted by molar-refractivity contribution is 7.89. The van der Waals surface area contributed by atoms with Crippen molar-refractivity contribution in [2.24, 2.45) is 0 Å². The number of amides is 1. The minimum Gasteiger partial charge on any atom is -0.355 e. The maximum absolute atomic E-state index is 12.5. The third-order valence-electron chi connectivity index (χ3n) is 4.32. The van der Waals surface area contributed by atoms with Crippen molar-refractivity contribution in [2.45, 2.75) is 43.9 Å². The number of carbonyl (C=O) groups is 1. The van der Waals surface area contributed by atoms with Gasteiger partial charge in [0.05, 0.1) is 4.90 Å². The molecule has 0 aliphatic carbocycles. The van der Waals surface area contributed by atoms with E-state index in [2.05, 4.69) is 17.6 Å². The van der Waals surface area contributed by atoms with Crippen molar-refractivity contribution >= 4 is 28.3 Å². The van der Waals surface area contributed by atoms with Gasteiger partial charge in [0.1, 0.15) is 0 Å². The number of hydrogen-bond acceptors (Lipinski definition) is 4. The molecule has 0 bridgehead atoms. The van der Waals surface area contributed by atoms with E-state index in [1.807, 2.05) is 0 Å². The summed E-state index contributed by atoms with van der Waals surface area (Å²) in [7, 11) is -3.36. The minimum absolute atomic E-state index is 0. The Morgan fingerprint density at radius 1 is 1.08 bits per heavy atom. The molecule has 1 aliphatic heterocycles. The smallest absolute Gasteiger partial charge is 0.243 e. The number of hydrogen-bond donors (Lipinski definition) is 2. The summed E-state index contributed by atoms with van der Waals surface area (Å²) in [6, 6.07) is 6.91. The fourth-order valence-corrected chi connectivity index (χ4v) is 4.36. The summed E-state index contributed by atoms with van der Waals surface area (Å²) in [5.41, 5.74) is 0.972. The fraction of sp³-hybridized carbons (Fsp3) is 0.611. The van der Waals surface area contributed by atoms with Crippen LogP contribution in [-0.4, -0.2) is 51.4 Å². The van der Waals surface area contributed by atoms with E-state index in [-0.39, 0.29) is 18.3 Å². The molecule has 8 heteroatoms. The molecule has 0 aromatic heterocycles. The summed E-state index contributed by atoms with van der Waals surface area (Å²) < 4.78 is 26.5. The number of aryl methyl sites for hydroxylation is 1. The lowest BCUT2D eigenvalue weighted by Gasteiger charge is -2.15. The van der Waals surface area contributed by atoms with Gasteiger partial charge in [-0.05, 0) is 49.9 Å². The van der Waals surface area contributed by atoms with Crippen LogP contribution in [0.4, 0.5) is 0 Å². The highest BCUT2D eigenvalue weighted by atomic mass is 35.5. The zero-order valence-electron chi connectivity index (χ0n) is 15.4. The molecule has 0 spiro atoms. The molecule has 1 aliphatic rings. The van der Waals surface area contributed by atoms with Crippen LogP contribution in [0.15, 0.2) is 29.2 Å². The Balaban J connectivity index is 0.00000338. The molecule has 1 amide bonds. The molecule has 1 aromatic carbocycles. The molecule has 1 fully saturated rings. The zero-order valence-corrected chi connectivity index (χ0v) is 17.0. The molecule has 2 N–H and O–H groups in total. The third-order valence-corrected chi connectivity index (χ3v) is 6.23. The Kier molecular flexibility index (Phi) is 10.2. The maximum Gasteiger partial charge on any atom is 0.243 e. The quantitative estimate of drug-likeness (QED) is 0.585. The molecule has 1 aromatic rings. The number of benzene rings is 1. The molecule has 0 atom stereocenters. The van der Waals surface area contributed by atoms with Crippen LogP contribution >= 0.6 is 12.4 Å². The summed E-state index contributed by atoms with van der Waals surface area (Å²) in [6.07, 6.45) is 3.96. The van der Waals surface area contributed by atoms with Gasteiger partial charge in [-0.3, -0.25) is 4.79 Å². The van der Waals surface area contributed by atoms with Crippen molar-refractivity contribution in [1.29, 1.82) is 0 Å². The van der Waals surface area contributed by atoms with Crippen molar-refractivity contribution in [3.63, 3.8) is 0 Å². The molecule has 0 saturated carbocycles. The second-order valence-corrected chi connectivity index (χ2v) is 8.29. The summed E-state index contributed by atoms with van der Waals surface area (Å²) in [5.74, 6) is 0.0204. The Morgan fingerprint density at radius 3 is 2.35 bits per heavy atom. The number of rotatable bonds is 10. The second kappa shape index (κ2) is 11.5. The van der Waals surface area contributed by atoms with Gasteiger partial charge < -0.3 is 10.6 Å². The standard InChI is InChI=1S/C18H29N3O3S.ClH/c1-2-11-19-12-13-20-18(22)10-7-16-5-8-17(9-6-16)25(23,24)21-14-3-4-15-21;/h5-6,8-9,19H,2-4,7,10-15H2,1H3,(H,20,22);1H. The van der Waals surface area contributed by atoms with Crippen molar-refractivity contribution < 1.29 is 13.2 Å². The van der Waals surface area contributed by atoms with Gasteiger partial charge in [-0.15, -0.1) is 12.4 Å². The first-order chi connectivity index (χ1) is 12.0. The number of halogens is 1. The molecule has 0 radical (unpaired) electrons. The van der Waals surface area contributed by atoms with Gasteiger partial charge in [-0.2, -0.15) is 4.31 Å². The minimum atomic E-state index is -3.36. The van der Waals surface area contributed by atoms with E-state index in [1.165, 1.54) is 0 Å². The summed E-state index contributed by atoms with van der Waals surface area (Å²) in [5, 5.41) is 6.11. The monoisotopic (exact) mass is 403 g/mol. The van der Waals surface area contributed by atoms with Gasteiger partial charge in [0.25, 0.3) is 0 Å². The van der Waals surface area contributed by atoms with Gasteiger partial charge in [-0.1, -0.05) is 19.1 Å². The molecular weight excluding hydrogens is 374 g/mol. The van der Waals surface area contributed by atoms with E-state index in [9.17, 15) is 13.2 Å². The SMILES string of the molecule is CCCNCCNC(=O)CCc1ccc(S(=O)(=O)N2CCCC2)cc1.Cl. The first-order valence-corrected chi connectivity index (χ1v) is 10.5. The van der Waals surface area contributed by atoms with Crippen LogP contribution < -0.4 is 10.6 Å². The van der Waals surface area contributed by atoms with Crippen molar-refractivity contribution in [2.75, 3.05) is 32.7 Å². The molecule has 0 unspecified atom stereocenters. The molecule has 6 nitrogen and oxygen atoms in total. The highest BCUT2D eigenvalue weighted by Gasteiger charge is 2.26. The Hall–Kier alpha value is -1.15. The van der Waals surface area contributed by atoms with Gasteiger partial charge in [0, 0.05) is 32.6 Å². The van der Waals surface area contributed by atoms with Crippen molar-refractivity contribution in [3.8, 4) is 0 Å². The van der Waals surface area contributed by atoms with E-state index in [0.29, 0.717) is 37.4 Å². The summed E-state index contributed by atoms with van der Waals surface area (Å²) in [6.45, 7) is 5.69. The largest absolute Gasteiger partial charge is 0.355 e. The Bertz CT molecular complexity index is 644. The van der Waals surface area contributed by atoms with Gasteiger partial charge in [0.2, 0.25) is 15.9 Å². The van der Waals surface area contributed by atoms with Gasteiger partial charge in [0.15, 0.2) is 0 Å². The van der Waals surface area contributed by atoms with Crippen LogP contribution in [0, 0.1) is 0 Å². The molecule has 148 valence electrons. The van der Waals surface area contributed by atoms with E-state index in [1.54, 1.807) is 28.6 Å². The molecule has 1 saturated heterocycles. The number of sulfonamides is 1. The average molecular weight is 404 g/mol. The first-order valence-electron chi connectivity index (χ1n) is 9.10. The summed E-state index contributed by atoms with van der Waals surface area (Å²) in [4.78, 5) is 12.1. The third kappa shape index (κ3) is 6.87. The number of carbonyl (C=O) groups excluding carboxylic acids is 1. The van der Waals surface area contributed by atoms with E-state index in [4.69, 9.17) is 0 Å². The van der Waals surface area contributed by atoms with Gasteiger partial charge >= 0.3 is 0 Å². The van der Waals surface area contributed by atoms with Crippen LogP contribution in [-0.2, 0) is 21.2 Å². The highest BCUT2D eigenvalue weighted by Crippen LogP contribution is 2.21. The lowest BCUT2D eigenvalue weighted by molar-refractivity contribution is -0.121. The zero-order chi connectivity index (χ0) is 18.1.